The predicted octanol–water partition coefficient (Wildman–Crippen LogP) is 3.29. The van der Waals surface area contributed by atoms with Crippen molar-refractivity contribution < 1.29 is 76.1 Å². The molecule has 0 N–H and O–H groups in total. The molecule has 0 radical (unpaired) electrons. The number of ether oxygens (including phenoxy) is 10. The molecule has 320 valence electrons. The molecule has 17 heteroatoms. The highest BCUT2D eigenvalue weighted by Gasteiger charge is 2.58. The Kier molecular flexibility index (Phi) is 14.8. The van der Waals surface area contributed by atoms with Gasteiger partial charge in [0.15, 0.2) is 30.9 Å². The van der Waals surface area contributed by atoms with Gasteiger partial charge in [-0.1, -0.05) is 72.8 Å². The molecule has 6 rings (SSSR count). The molecule has 60 heavy (non-hydrogen) atoms. The summed E-state index contributed by atoms with van der Waals surface area (Å²) in [5, 5.41) is 0. The Hall–Kier alpha value is -5.56. The largest absolute Gasteiger partial charge is 0.462 e. The molecule has 0 spiro atoms. The first-order valence-corrected chi connectivity index (χ1v) is 19.2. The number of imide groups is 1. The van der Waals surface area contributed by atoms with Crippen LogP contribution in [0.3, 0.4) is 0 Å². The third-order valence-electron chi connectivity index (χ3n) is 9.91. The van der Waals surface area contributed by atoms with E-state index in [1.807, 2.05) is 60.7 Å². The van der Waals surface area contributed by atoms with Crippen molar-refractivity contribution in [3.63, 3.8) is 0 Å². The molecule has 3 aromatic carbocycles. The van der Waals surface area contributed by atoms with Crippen LogP contribution in [0, 0.1) is 0 Å². The van der Waals surface area contributed by atoms with Crippen LogP contribution in [0.2, 0.25) is 0 Å². The SMILES string of the molecule is CO[C@H]1O[C@@H]2COC([C@@H]([C@@H](OC(C)=O)[C@H](OC(C)=O)[C@H](COC(C)=O)OC(C)=O)N3C(=O)c4ccccc4C3=O)O[C@H]2[C@H](OCc2ccccc2)[C@H]1OCc1ccccc1. The number of fused-ring (bicyclic) bond motifs is 2. The number of carbonyl (C=O) groups excluding carboxylic acids is 6. The molecule has 10 atom stereocenters. The van der Waals surface area contributed by atoms with Crippen molar-refractivity contribution in [1.29, 1.82) is 0 Å². The lowest BCUT2D eigenvalue weighted by molar-refractivity contribution is -0.374. The van der Waals surface area contributed by atoms with Crippen LogP contribution in [0.5, 0.6) is 0 Å². The average Bonchev–Trinajstić information content (AvgIpc) is 3.48. The molecular formula is C43H47NO16. The van der Waals surface area contributed by atoms with E-state index >= 15 is 0 Å². The summed E-state index contributed by atoms with van der Waals surface area (Å²) in [6.07, 6.45) is -11.8. The summed E-state index contributed by atoms with van der Waals surface area (Å²) >= 11 is 0. The maximum atomic E-state index is 14.4. The molecule has 1 unspecified atom stereocenters. The van der Waals surface area contributed by atoms with Crippen LogP contribution in [0.1, 0.15) is 59.5 Å². The van der Waals surface area contributed by atoms with Crippen LogP contribution < -0.4 is 0 Å². The highest BCUT2D eigenvalue weighted by Crippen LogP contribution is 2.38. The van der Waals surface area contributed by atoms with Crippen molar-refractivity contribution in [2.45, 2.75) is 102 Å². The highest BCUT2D eigenvalue weighted by atomic mass is 16.8. The van der Waals surface area contributed by atoms with E-state index in [4.69, 9.17) is 47.4 Å². The van der Waals surface area contributed by atoms with Crippen molar-refractivity contribution in [2.24, 2.45) is 0 Å². The quantitative estimate of drug-likeness (QED) is 0.109. The van der Waals surface area contributed by atoms with Gasteiger partial charge in [0, 0.05) is 34.8 Å². The van der Waals surface area contributed by atoms with Crippen molar-refractivity contribution >= 4 is 35.7 Å². The topological polar surface area (TPSA) is 198 Å². The lowest BCUT2D eigenvalue weighted by atomic mass is 9.94. The van der Waals surface area contributed by atoms with Gasteiger partial charge in [-0.05, 0) is 23.3 Å². The molecule has 2 fully saturated rings. The lowest BCUT2D eigenvalue weighted by Crippen LogP contribution is -2.69. The van der Waals surface area contributed by atoms with Gasteiger partial charge < -0.3 is 47.4 Å². The van der Waals surface area contributed by atoms with E-state index in [0.29, 0.717) is 0 Å². The summed E-state index contributed by atoms with van der Waals surface area (Å²) < 4.78 is 60.4. The minimum Gasteiger partial charge on any atom is -0.462 e. The number of rotatable bonds is 17. The molecule has 2 amide bonds. The number of amides is 2. The first kappa shape index (κ1) is 44.0. The second kappa shape index (κ2) is 20.1. The van der Waals surface area contributed by atoms with Crippen molar-refractivity contribution in [3.8, 4) is 0 Å². The second-order valence-corrected chi connectivity index (χ2v) is 14.2. The predicted molar refractivity (Wildman–Crippen MR) is 204 cm³/mol. The zero-order valence-corrected chi connectivity index (χ0v) is 33.7. The summed E-state index contributed by atoms with van der Waals surface area (Å²) in [6, 6.07) is 23.0. The first-order chi connectivity index (χ1) is 28.9. The number of benzene rings is 3. The summed E-state index contributed by atoms with van der Waals surface area (Å²) in [5.74, 6) is -5.21. The number of nitrogens with zero attached hydrogens (tertiary/aromatic N) is 1. The maximum Gasteiger partial charge on any atom is 0.303 e. The van der Waals surface area contributed by atoms with E-state index in [0.717, 1.165) is 43.7 Å². The Balaban J connectivity index is 1.45. The van der Waals surface area contributed by atoms with Gasteiger partial charge in [0.1, 0.15) is 37.1 Å². The Bertz CT molecular complexity index is 1960. The fourth-order valence-corrected chi connectivity index (χ4v) is 7.41. The van der Waals surface area contributed by atoms with Crippen molar-refractivity contribution in [1.82, 2.24) is 4.90 Å². The first-order valence-electron chi connectivity index (χ1n) is 19.2. The molecule has 3 aromatic rings. The fraction of sp³-hybridized carbons (Fsp3) is 0.442. The average molecular weight is 834 g/mol. The van der Waals surface area contributed by atoms with Crippen LogP contribution in [0.15, 0.2) is 84.9 Å². The number of hydrogen-bond donors (Lipinski definition) is 0. The monoisotopic (exact) mass is 833 g/mol. The number of esters is 4. The Morgan fingerprint density at radius 1 is 0.667 bits per heavy atom. The summed E-state index contributed by atoms with van der Waals surface area (Å²) in [4.78, 5) is 79.8. The molecule has 3 aliphatic heterocycles. The van der Waals surface area contributed by atoms with Gasteiger partial charge in [0.2, 0.25) is 0 Å². The van der Waals surface area contributed by atoms with E-state index in [9.17, 15) is 28.8 Å². The van der Waals surface area contributed by atoms with Crippen molar-refractivity contribution in [3.05, 3.63) is 107 Å². The van der Waals surface area contributed by atoms with E-state index in [2.05, 4.69) is 0 Å². The van der Waals surface area contributed by atoms with E-state index in [-0.39, 0.29) is 30.9 Å². The minimum atomic E-state index is -1.87. The second-order valence-electron chi connectivity index (χ2n) is 14.2. The zero-order valence-electron chi connectivity index (χ0n) is 33.7. The van der Waals surface area contributed by atoms with E-state index in [1.54, 1.807) is 12.1 Å². The van der Waals surface area contributed by atoms with Gasteiger partial charge >= 0.3 is 23.9 Å². The van der Waals surface area contributed by atoms with Gasteiger partial charge in [-0.25, -0.2) is 0 Å². The highest BCUT2D eigenvalue weighted by molar-refractivity contribution is 6.21. The third-order valence-corrected chi connectivity index (χ3v) is 9.91. The molecular weight excluding hydrogens is 786 g/mol. The van der Waals surface area contributed by atoms with Crippen molar-refractivity contribution in [2.75, 3.05) is 20.3 Å². The van der Waals surface area contributed by atoms with Gasteiger partial charge in [0.05, 0.1) is 30.9 Å². The maximum absolute atomic E-state index is 14.4. The molecule has 0 aliphatic carbocycles. The summed E-state index contributed by atoms with van der Waals surface area (Å²) in [5.41, 5.74) is 1.72. The molecule has 0 bridgehead atoms. The van der Waals surface area contributed by atoms with E-state index in [1.165, 1.54) is 19.2 Å². The van der Waals surface area contributed by atoms with Gasteiger partial charge in [-0.2, -0.15) is 0 Å². The van der Waals surface area contributed by atoms with Gasteiger partial charge in [-0.3, -0.25) is 33.7 Å². The van der Waals surface area contributed by atoms with Crippen LogP contribution in [0.4, 0.5) is 0 Å². The molecule has 3 heterocycles. The molecule has 0 saturated carbocycles. The molecule has 0 aromatic heterocycles. The normalized spacial score (nSPS) is 24.2. The smallest absolute Gasteiger partial charge is 0.303 e. The van der Waals surface area contributed by atoms with Gasteiger partial charge in [-0.15, -0.1) is 0 Å². The fourth-order valence-electron chi connectivity index (χ4n) is 7.41. The molecule has 17 nitrogen and oxygen atoms in total. The summed E-state index contributed by atoms with van der Waals surface area (Å²) in [6.45, 7) is 3.56. The number of hydrogen-bond acceptors (Lipinski definition) is 16. The third kappa shape index (κ3) is 10.4. The number of methoxy groups -OCH3 is 1. The Morgan fingerprint density at radius 2 is 1.18 bits per heavy atom. The Morgan fingerprint density at radius 3 is 1.70 bits per heavy atom. The van der Waals surface area contributed by atoms with Crippen LogP contribution in [0.25, 0.3) is 0 Å². The standard InChI is InChI=1S/C43H47NO16/c1-24(45)52-22-32(56-25(2)46)35(57-26(3)47)37(58-27(4)48)34(44-40(49)30-18-12-13-19-31(30)41(44)50)42-55-23-33-36(60-42)38(53-20-28-14-8-6-9-15-28)39(43(51-5)59-33)54-21-29-16-10-7-11-17-29/h6-19,32-39,42-43H,20-23H2,1-5H3/t32-,33+,34+,35+,36+,37+,38-,39+,42?,43-/m0/s1. The lowest BCUT2D eigenvalue weighted by Gasteiger charge is -2.51. The van der Waals surface area contributed by atoms with Crippen LogP contribution >= 0.6 is 0 Å². The van der Waals surface area contributed by atoms with Gasteiger partial charge in [0.25, 0.3) is 11.8 Å². The minimum absolute atomic E-state index is 0.0191. The number of carbonyl (C=O) groups is 6. The summed E-state index contributed by atoms with van der Waals surface area (Å²) in [7, 11) is 1.46. The molecule has 3 aliphatic rings. The molecule has 2 saturated heterocycles. The zero-order chi connectivity index (χ0) is 42.9. The van der Waals surface area contributed by atoms with Crippen LogP contribution in [-0.2, 0) is 79.8 Å². The Labute approximate surface area is 346 Å². The van der Waals surface area contributed by atoms with Crippen LogP contribution in [-0.4, -0.2) is 122 Å². The van der Waals surface area contributed by atoms with E-state index < -0.39 is 104 Å².